The van der Waals surface area contributed by atoms with Gasteiger partial charge in [0.15, 0.2) is 0 Å². The quantitative estimate of drug-likeness (QED) is 0.159. The smallest absolute Gasteiger partial charge is 0.252 e. The van der Waals surface area contributed by atoms with Gasteiger partial charge < -0.3 is 9.80 Å². The van der Waals surface area contributed by atoms with E-state index in [0.717, 1.165) is 12.8 Å². The number of allylic oxidation sites excluding steroid dienone is 4. The van der Waals surface area contributed by atoms with Crippen molar-refractivity contribution in [1.29, 1.82) is 0 Å². The van der Waals surface area contributed by atoms with E-state index < -0.39 is 0 Å². The summed E-state index contributed by atoms with van der Waals surface area (Å²) in [4.78, 5) is 5.24. The van der Waals surface area contributed by atoms with Crippen LogP contribution in [-0.4, -0.2) is 6.71 Å². The molecule has 0 atom stereocenters. The summed E-state index contributed by atoms with van der Waals surface area (Å²) in [6.45, 7) is 26.0. The van der Waals surface area contributed by atoms with Crippen molar-refractivity contribution in [1.82, 2.24) is 0 Å². The first-order valence-corrected chi connectivity index (χ1v) is 28.5. The van der Waals surface area contributed by atoms with Crippen LogP contribution in [0.5, 0.6) is 0 Å². The van der Waals surface area contributed by atoms with E-state index in [1.807, 2.05) is 0 Å². The molecule has 382 valence electrons. The van der Waals surface area contributed by atoms with E-state index in [1.165, 1.54) is 140 Å². The highest BCUT2D eigenvalue weighted by molar-refractivity contribution is 7.00. The van der Waals surface area contributed by atoms with Gasteiger partial charge in [0.05, 0.1) is 5.69 Å². The minimum Gasteiger partial charge on any atom is -0.311 e. The molecule has 0 bridgehead atoms. The first kappa shape index (κ1) is 48.5. The van der Waals surface area contributed by atoms with Gasteiger partial charge in [-0.2, -0.15) is 0 Å². The lowest BCUT2D eigenvalue weighted by atomic mass is 9.33. The summed E-state index contributed by atoms with van der Waals surface area (Å²) in [7, 11) is 0. The zero-order valence-corrected chi connectivity index (χ0v) is 47.4. The van der Waals surface area contributed by atoms with E-state index in [-0.39, 0.29) is 28.4 Å². The van der Waals surface area contributed by atoms with Crippen molar-refractivity contribution in [2.45, 2.75) is 111 Å². The number of benzene rings is 9. The maximum atomic E-state index is 2.63. The van der Waals surface area contributed by atoms with Crippen molar-refractivity contribution in [3.05, 3.63) is 244 Å². The van der Waals surface area contributed by atoms with Crippen molar-refractivity contribution >= 4 is 68.4 Å². The molecule has 0 radical (unpaired) electrons. The lowest BCUT2D eigenvalue weighted by molar-refractivity contribution is 0.590. The maximum Gasteiger partial charge on any atom is 0.252 e. The lowest BCUT2D eigenvalue weighted by Crippen LogP contribution is -2.61. The van der Waals surface area contributed by atoms with Crippen LogP contribution in [0.4, 0.5) is 34.1 Å². The van der Waals surface area contributed by atoms with Crippen LogP contribution in [0.3, 0.4) is 0 Å². The van der Waals surface area contributed by atoms with Gasteiger partial charge in [-0.3, -0.25) is 0 Å². The summed E-state index contributed by atoms with van der Waals surface area (Å²) in [5, 5.41) is 0. The third-order valence-electron chi connectivity index (χ3n) is 18.6. The Hall–Kier alpha value is -7.88. The highest BCUT2D eigenvalue weighted by Crippen LogP contribution is 2.56. The van der Waals surface area contributed by atoms with Crippen LogP contribution in [0.25, 0.3) is 44.5 Å². The second kappa shape index (κ2) is 17.1. The molecule has 0 unspecified atom stereocenters. The van der Waals surface area contributed by atoms with Crippen LogP contribution in [0.1, 0.15) is 127 Å². The first-order valence-electron chi connectivity index (χ1n) is 28.5. The fourth-order valence-electron chi connectivity index (χ4n) is 14.5. The molecule has 0 fully saturated rings. The molecule has 2 nitrogen and oxygen atoms in total. The Morgan fingerprint density at radius 2 is 1.04 bits per heavy atom. The van der Waals surface area contributed by atoms with E-state index in [9.17, 15) is 0 Å². The molecule has 78 heavy (non-hydrogen) atoms. The van der Waals surface area contributed by atoms with Gasteiger partial charge in [-0.25, -0.2) is 0 Å². The van der Waals surface area contributed by atoms with Crippen molar-refractivity contribution in [3.63, 3.8) is 0 Å². The monoisotopic (exact) mass is 1010 g/mol. The molecule has 2 aliphatic heterocycles. The fourth-order valence-corrected chi connectivity index (χ4v) is 14.5. The number of nitrogens with zero attached hydrogens (tertiary/aromatic N) is 2. The van der Waals surface area contributed by atoms with Gasteiger partial charge in [-0.05, 0) is 179 Å². The minimum atomic E-state index is -0.0914. The molecule has 2 heterocycles. The number of anilines is 6. The number of aryl methyl sites for hydroxylation is 1. The summed E-state index contributed by atoms with van der Waals surface area (Å²) in [6.07, 6.45) is 4.67. The second-order valence-corrected chi connectivity index (χ2v) is 26.1. The lowest BCUT2D eigenvalue weighted by Gasteiger charge is -2.45. The number of fused-ring (bicyclic) bond motifs is 9. The van der Waals surface area contributed by atoms with E-state index in [2.05, 4.69) is 280 Å². The summed E-state index contributed by atoms with van der Waals surface area (Å²) >= 11 is 0. The second-order valence-electron chi connectivity index (χ2n) is 26.1. The molecule has 14 rings (SSSR count). The minimum absolute atomic E-state index is 0.00186. The zero-order chi connectivity index (χ0) is 53.8. The molecule has 0 spiro atoms. The van der Waals surface area contributed by atoms with E-state index in [1.54, 1.807) is 5.57 Å². The van der Waals surface area contributed by atoms with E-state index in [4.69, 9.17) is 0 Å². The van der Waals surface area contributed by atoms with Gasteiger partial charge in [-0.1, -0.05) is 220 Å². The molecule has 9 aromatic rings. The Kier molecular flexibility index (Phi) is 10.6. The average molecular weight is 1010 g/mol. The van der Waals surface area contributed by atoms with Crippen LogP contribution >= 0.6 is 0 Å². The van der Waals surface area contributed by atoms with Crippen LogP contribution in [-0.2, 0) is 21.7 Å². The van der Waals surface area contributed by atoms with Gasteiger partial charge in [0.25, 0.3) is 6.71 Å². The van der Waals surface area contributed by atoms with E-state index >= 15 is 0 Å². The van der Waals surface area contributed by atoms with Gasteiger partial charge in [-0.15, -0.1) is 0 Å². The van der Waals surface area contributed by atoms with Crippen molar-refractivity contribution in [2.75, 3.05) is 9.80 Å². The normalized spacial score (nSPS) is 16.2. The molecule has 0 saturated carbocycles. The van der Waals surface area contributed by atoms with Gasteiger partial charge in [0.1, 0.15) is 0 Å². The Morgan fingerprint density at radius 1 is 0.436 bits per heavy atom. The van der Waals surface area contributed by atoms with E-state index in [0.29, 0.717) is 0 Å². The third kappa shape index (κ3) is 7.15. The SMILES string of the molecule is Cc1cc2c3c(c1)N(c1ccc(-c4cccc5c4-c4ccccc4C5(C)C)cc1-c1ccccc1)c1ccc(C(C)(C)C)cc1B3c1ccc(C(C)(C)C)cc1N2c1ccc(C2=CCCC3=C2c2ccccc2C3(C)C)cc1. The maximum absolute atomic E-state index is 2.63. The van der Waals surface area contributed by atoms with Gasteiger partial charge in [0.2, 0.25) is 0 Å². The topological polar surface area (TPSA) is 6.48 Å². The number of rotatable bonds is 5. The molecule has 3 aliphatic carbocycles. The molecule has 0 amide bonds. The predicted octanol–water partition coefficient (Wildman–Crippen LogP) is 18.2. The largest absolute Gasteiger partial charge is 0.311 e. The first-order chi connectivity index (χ1) is 37.4. The van der Waals surface area contributed by atoms with Crippen molar-refractivity contribution < 1.29 is 0 Å². The van der Waals surface area contributed by atoms with Crippen LogP contribution < -0.4 is 26.2 Å². The summed E-state index contributed by atoms with van der Waals surface area (Å²) in [5.41, 5.74) is 33.9. The Balaban J connectivity index is 0.989. The average Bonchev–Trinajstić information content (AvgIpc) is 3.56. The number of hydrogen-bond donors (Lipinski definition) is 0. The molecule has 0 N–H and O–H groups in total. The summed E-state index contributed by atoms with van der Waals surface area (Å²) in [5.74, 6) is 0. The fraction of sp³-hybridized carbons (Fsp3) is 0.227. The molecular formula is C75H69BN2. The molecule has 0 aromatic heterocycles. The predicted molar refractivity (Wildman–Crippen MR) is 335 cm³/mol. The Labute approximate surface area is 463 Å². The highest BCUT2D eigenvalue weighted by atomic mass is 15.2. The highest BCUT2D eigenvalue weighted by Gasteiger charge is 2.46. The van der Waals surface area contributed by atoms with Gasteiger partial charge in [0, 0.05) is 44.8 Å². The Bertz CT molecular complexity index is 4060. The van der Waals surface area contributed by atoms with Crippen molar-refractivity contribution in [2.24, 2.45) is 0 Å². The zero-order valence-electron chi connectivity index (χ0n) is 47.4. The molecule has 9 aromatic carbocycles. The number of hydrogen-bond acceptors (Lipinski definition) is 2. The van der Waals surface area contributed by atoms with Crippen molar-refractivity contribution in [3.8, 4) is 33.4 Å². The van der Waals surface area contributed by atoms with Crippen LogP contribution in [0.15, 0.2) is 200 Å². The third-order valence-corrected chi connectivity index (χ3v) is 18.6. The Morgan fingerprint density at radius 3 is 1.77 bits per heavy atom. The van der Waals surface area contributed by atoms with Gasteiger partial charge >= 0.3 is 0 Å². The summed E-state index contributed by atoms with van der Waals surface area (Å²) < 4.78 is 0. The summed E-state index contributed by atoms with van der Waals surface area (Å²) in [6, 6.07) is 72.8. The molecule has 3 heteroatoms. The van der Waals surface area contributed by atoms with Crippen LogP contribution in [0, 0.1) is 6.92 Å². The standard InChI is InChI=1S/C75H69BN2/c1-46-41-67-71-68(42-46)78(64-39-33-49(43-57(64)47-21-13-12-14-22-47)54-26-20-30-61-70(54)56-24-16-18-28-59(56)75(61,10)11)65-40-35-50(72(2,3)4)44-63(65)76(71)62-38-34-51(73(5,6)7)45-66(62)77(67)52-36-31-48(32-37-52)53-25-19-29-60-69(53)55-23-15-17-27-58(55)74(60,8)9/h12-18,20-28,30-45H,19,29H2,1-11H3. The molecule has 0 saturated heterocycles. The van der Waals surface area contributed by atoms with Crippen LogP contribution in [0.2, 0.25) is 0 Å². The molecule has 5 aliphatic rings. The molecular weight excluding hydrogens is 940 g/mol.